The number of rotatable bonds is 4. The molecule has 1 N–H and O–H groups in total. The van der Waals surface area contributed by atoms with Crippen LogP contribution in [0.2, 0.25) is 0 Å². The Morgan fingerprint density at radius 3 is 2.19 bits per heavy atom. The van der Waals surface area contributed by atoms with E-state index in [1.807, 2.05) is 24.3 Å². The molecule has 4 rings (SSSR count). The normalized spacial score (nSPS) is 12.2. The molecule has 0 aromatic heterocycles. The van der Waals surface area contributed by atoms with Crippen LogP contribution in [0.5, 0.6) is 11.5 Å². The summed E-state index contributed by atoms with van der Waals surface area (Å²) in [6.07, 6.45) is 0. The number of amidine groups is 1. The van der Waals surface area contributed by atoms with E-state index in [4.69, 9.17) is 14.2 Å². The van der Waals surface area contributed by atoms with Crippen LogP contribution in [0.25, 0.3) is 5.76 Å². The quantitative estimate of drug-likeness (QED) is 0.617. The first kappa shape index (κ1) is 20.0. The fraction of sp³-hybridized carbons (Fsp3) is 0.0833. The summed E-state index contributed by atoms with van der Waals surface area (Å²) in [4.78, 5) is 19.2. The van der Waals surface area contributed by atoms with Gasteiger partial charge in [-0.1, -0.05) is 18.7 Å². The lowest BCUT2D eigenvalue weighted by molar-refractivity contribution is 0.258. The van der Waals surface area contributed by atoms with E-state index in [1.54, 1.807) is 62.8 Å². The van der Waals surface area contributed by atoms with Gasteiger partial charge in [-0.15, -0.1) is 0 Å². The van der Waals surface area contributed by atoms with Gasteiger partial charge in [0, 0.05) is 11.3 Å². The van der Waals surface area contributed by atoms with E-state index in [2.05, 4.69) is 16.9 Å². The Balaban J connectivity index is 1.71. The average molecular weight is 415 g/mol. The number of benzene rings is 3. The number of hydrogen-bond acceptors (Lipinski definition) is 5. The first-order valence-corrected chi connectivity index (χ1v) is 9.53. The molecular weight excluding hydrogens is 394 g/mol. The van der Waals surface area contributed by atoms with E-state index in [1.165, 1.54) is 4.90 Å². The van der Waals surface area contributed by atoms with Crippen molar-refractivity contribution in [1.29, 1.82) is 0 Å². The molecule has 3 aromatic carbocycles. The molecule has 1 heterocycles. The number of carbonyl (C=O) groups is 1. The van der Waals surface area contributed by atoms with Crippen molar-refractivity contribution in [1.82, 2.24) is 0 Å². The van der Waals surface area contributed by atoms with Crippen molar-refractivity contribution in [3.63, 3.8) is 0 Å². The fourth-order valence-electron chi connectivity index (χ4n) is 3.09. The van der Waals surface area contributed by atoms with Crippen LogP contribution < -0.4 is 19.7 Å². The van der Waals surface area contributed by atoms with Gasteiger partial charge in [-0.25, -0.2) is 9.69 Å². The van der Waals surface area contributed by atoms with Crippen molar-refractivity contribution < 1.29 is 19.0 Å². The summed E-state index contributed by atoms with van der Waals surface area (Å²) in [5.74, 6) is 1.77. The van der Waals surface area contributed by atoms with Crippen molar-refractivity contribution in [2.75, 3.05) is 24.4 Å². The molecule has 2 amide bonds. The van der Waals surface area contributed by atoms with Crippen molar-refractivity contribution in [2.45, 2.75) is 0 Å². The van der Waals surface area contributed by atoms with E-state index in [0.29, 0.717) is 34.3 Å². The lowest BCUT2D eigenvalue weighted by atomic mass is 10.1. The third kappa shape index (κ3) is 4.20. The second-order valence-electron chi connectivity index (χ2n) is 6.63. The first-order valence-electron chi connectivity index (χ1n) is 9.53. The maximum Gasteiger partial charge on any atom is 0.334 e. The highest BCUT2D eigenvalue weighted by Gasteiger charge is 2.28. The predicted octanol–water partition coefficient (Wildman–Crippen LogP) is 5.43. The molecule has 0 unspecified atom stereocenters. The average Bonchev–Trinajstić information content (AvgIpc) is 2.80. The fourth-order valence-corrected chi connectivity index (χ4v) is 3.09. The summed E-state index contributed by atoms with van der Waals surface area (Å²) in [6.45, 7) is 3.98. The Hall–Kier alpha value is -4.26. The summed E-state index contributed by atoms with van der Waals surface area (Å²) in [7, 11) is 3.17. The van der Waals surface area contributed by atoms with Gasteiger partial charge in [-0.3, -0.25) is 0 Å². The minimum atomic E-state index is -0.443. The minimum absolute atomic E-state index is 0.0971. The SMILES string of the molecule is C=C1OC(N(C(=O)Nc2ccc(OC)cc2)c2ccc(OC)cc2)=Nc2ccccc21. The van der Waals surface area contributed by atoms with E-state index in [0.717, 1.165) is 5.56 Å². The van der Waals surface area contributed by atoms with Crippen molar-refractivity contribution in [3.05, 3.63) is 84.9 Å². The van der Waals surface area contributed by atoms with Crippen LogP contribution in [-0.2, 0) is 4.74 Å². The second-order valence-corrected chi connectivity index (χ2v) is 6.63. The molecule has 0 radical (unpaired) electrons. The van der Waals surface area contributed by atoms with Crippen LogP contribution in [0.15, 0.2) is 84.4 Å². The maximum atomic E-state index is 13.3. The van der Waals surface area contributed by atoms with Crippen LogP contribution in [0.4, 0.5) is 21.9 Å². The van der Waals surface area contributed by atoms with Gasteiger partial charge >= 0.3 is 12.1 Å². The maximum absolute atomic E-state index is 13.3. The van der Waals surface area contributed by atoms with Crippen LogP contribution in [0.3, 0.4) is 0 Å². The topological polar surface area (TPSA) is 72.4 Å². The van der Waals surface area contributed by atoms with Gasteiger partial charge in [-0.05, 0) is 60.7 Å². The first-order chi connectivity index (χ1) is 15.1. The number of nitrogens with one attached hydrogen (secondary N) is 1. The molecule has 0 saturated heterocycles. The van der Waals surface area contributed by atoms with Crippen LogP contribution in [0.1, 0.15) is 5.56 Å². The van der Waals surface area contributed by atoms with Gasteiger partial charge in [0.25, 0.3) is 0 Å². The molecule has 0 atom stereocenters. The monoisotopic (exact) mass is 415 g/mol. The highest BCUT2D eigenvalue weighted by molar-refractivity contribution is 6.19. The molecule has 0 fully saturated rings. The zero-order valence-corrected chi connectivity index (χ0v) is 17.2. The Morgan fingerprint density at radius 1 is 0.935 bits per heavy atom. The Bertz CT molecular complexity index is 1140. The standard InChI is InChI=1S/C24H21N3O4/c1-16-21-6-4-5-7-22(21)26-24(31-16)27(18-10-14-20(30-3)15-11-18)23(28)25-17-8-12-19(29-2)13-9-17/h4-15H,1H2,2-3H3,(H,25,28). The zero-order chi connectivity index (χ0) is 21.8. The highest BCUT2D eigenvalue weighted by atomic mass is 16.5. The number of amides is 2. The summed E-state index contributed by atoms with van der Waals surface area (Å²) in [6, 6.07) is 21.2. The minimum Gasteiger partial charge on any atom is -0.497 e. The van der Waals surface area contributed by atoms with E-state index >= 15 is 0 Å². The number of nitrogens with zero attached hydrogens (tertiary/aromatic N) is 2. The van der Waals surface area contributed by atoms with E-state index in [9.17, 15) is 4.79 Å². The number of hydrogen-bond donors (Lipinski definition) is 1. The molecule has 7 nitrogen and oxygen atoms in total. The second kappa shape index (κ2) is 8.62. The van der Waals surface area contributed by atoms with Gasteiger partial charge in [0.1, 0.15) is 17.3 Å². The molecule has 1 aliphatic rings. The molecular formula is C24H21N3O4. The van der Waals surface area contributed by atoms with Crippen LogP contribution in [0, 0.1) is 0 Å². The Kier molecular flexibility index (Phi) is 5.57. The van der Waals surface area contributed by atoms with Gasteiger partial charge in [-0.2, -0.15) is 4.99 Å². The molecule has 0 bridgehead atoms. The third-order valence-electron chi connectivity index (χ3n) is 4.70. The zero-order valence-electron chi connectivity index (χ0n) is 17.2. The van der Waals surface area contributed by atoms with E-state index < -0.39 is 6.03 Å². The number of fused-ring (bicyclic) bond motifs is 1. The summed E-state index contributed by atoms with van der Waals surface area (Å²) < 4.78 is 16.2. The van der Waals surface area contributed by atoms with Gasteiger partial charge < -0.3 is 19.5 Å². The van der Waals surface area contributed by atoms with Crippen LogP contribution in [-0.4, -0.2) is 26.3 Å². The predicted molar refractivity (Wildman–Crippen MR) is 121 cm³/mol. The van der Waals surface area contributed by atoms with Crippen molar-refractivity contribution >= 4 is 34.9 Å². The molecule has 7 heteroatoms. The number of ether oxygens (including phenoxy) is 3. The van der Waals surface area contributed by atoms with Crippen LogP contribution >= 0.6 is 0 Å². The number of methoxy groups -OCH3 is 2. The number of para-hydroxylation sites is 1. The van der Waals surface area contributed by atoms with Crippen molar-refractivity contribution in [3.8, 4) is 11.5 Å². The van der Waals surface area contributed by atoms with Crippen molar-refractivity contribution in [2.24, 2.45) is 4.99 Å². The number of anilines is 2. The summed E-state index contributed by atoms with van der Waals surface area (Å²) in [5.41, 5.74) is 2.60. The molecule has 156 valence electrons. The molecule has 1 aliphatic heterocycles. The molecule has 0 saturated carbocycles. The molecule has 0 aliphatic carbocycles. The van der Waals surface area contributed by atoms with Gasteiger partial charge in [0.2, 0.25) is 0 Å². The highest BCUT2D eigenvalue weighted by Crippen LogP contribution is 2.33. The number of aliphatic imine (C=N–C) groups is 1. The molecule has 31 heavy (non-hydrogen) atoms. The lowest BCUT2D eigenvalue weighted by Gasteiger charge is -2.27. The van der Waals surface area contributed by atoms with E-state index in [-0.39, 0.29) is 6.02 Å². The lowest BCUT2D eigenvalue weighted by Crippen LogP contribution is -2.41. The summed E-state index contributed by atoms with van der Waals surface area (Å²) in [5, 5.41) is 2.87. The smallest absolute Gasteiger partial charge is 0.334 e. The van der Waals surface area contributed by atoms with Gasteiger partial charge in [0.05, 0.1) is 25.6 Å². The Morgan fingerprint density at radius 2 is 1.55 bits per heavy atom. The third-order valence-corrected chi connectivity index (χ3v) is 4.70. The molecule has 3 aromatic rings. The number of urea groups is 1. The largest absolute Gasteiger partial charge is 0.497 e. The summed E-state index contributed by atoms with van der Waals surface area (Å²) >= 11 is 0. The molecule has 0 spiro atoms. The Labute approximate surface area is 180 Å². The number of carbonyl (C=O) groups excluding carboxylic acids is 1. The van der Waals surface area contributed by atoms with Gasteiger partial charge in [0.15, 0.2) is 0 Å².